The molecule has 6 heteroatoms. The van der Waals surface area contributed by atoms with Crippen LogP contribution in [0, 0.1) is 18.2 Å². The van der Waals surface area contributed by atoms with E-state index < -0.39 is 15.8 Å². The van der Waals surface area contributed by atoms with Crippen LogP contribution < -0.4 is 10.5 Å². The van der Waals surface area contributed by atoms with Gasteiger partial charge in [-0.25, -0.2) is 17.5 Å². The van der Waals surface area contributed by atoms with Crippen LogP contribution in [0.2, 0.25) is 0 Å². The molecule has 0 spiro atoms. The minimum Gasteiger partial charge on any atom is -0.396 e. The van der Waals surface area contributed by atoms with Gasteiger partial charge in [-0.1, -0.05) is 19.8 Å². The summed E-state index contributed by atoms with van der Waals surface area (Å²) in [5, 5.41) is 0. The van der Waals surface area contributed by atoms with E-state index >= 15 is 0 Å². The van der Waals surface area contributed by atoms with E-state index in [2.05, 4.69) is 11.6 Å². The maximum Gasteiger partial charge on any atom is 0.240 e. The predicted octanol–water partition coefficient (Wildman–Crippen LogP) is 2.97. The highest BCUT2D eigenvalue weighted by Gasteiger charge is 2.33. The van der Waals surface area contributed by atoms with Crippen molar-refractivity contribution in [2.75, 3.05) is 12.3 Å². The van der Waals surface area contributed by atoms with Crippen molar-refractivity contribution in [3.8, 4) is 0 Å². The van der Waals surface area contributed by atoms with Gasteiger partial charge in [0.2, 0.25) is 10.0 Å². The molecule has 2 rings (SSSR count). The lowest BCUT2D eigenvalue weighted by Gasteiger charge is -2.27. The number of nitrogens with two attached hydrogens (primary N) is 1. The van der Waals surface area contributed by atoms with Gasteiger partial charge >= 0.3 is 0 Å². The molecule has 0 aromatic heterocycles. The van der Waals surface area contributed by atoms with Crippen molar-refractivity contribution >= 4 is 15.7 Å². The van der Waals surface area contributed by atoms with E-state index in [0.717, 1.165) is 38.2 Å². The Hall–Kier alpha value is -1.14. The van der Waals surface area contributed by atoms with Gasteiger partial charge in [0.05, 0.1) is 10.6 Å². The van der Waals surface area contributed by atoms with Gasteiger partial charge in [-0.2, -0.15) is 0 Å². The zero-order valence-electron chi connectivity index (χ0n) is 12.6. The Morgan fingerprint density at radius 1 is 1.33 bits per heavy atom. The molecule has 4 nitrogen and oxygen atoms in total. The molecule has 1 saturated carbocycles. The molecule has 0 radical (unpaired) electrons. The topological polar surface area (TPSA) is 72.2 Å². The van der Waals surface area contributed by atoms with Crippen molar-refractivity contribution in [1.82, 2.24) is 4.72 Å². The molecule has 0 saturated heterocycles. The monoisotopic (exact) mass is 314 g/mol. The summed E-state index contributed by atoms with van der Waals surface area (Å²) in [6, 6.07) is 2.36. The molecule has 0 bridgehead atoms. The predicted molar refractivity (Wildman–Crippen MR) is 81.9 cm³/mol. The molecule has 1 aliphatic rings. The van der Waals surface area contributed by atoms with Crippen molar-refractivity contribution in [1.29, 1.82) is 0 Å². The number of halogens is 1. The summed E-state index contributed by atoms with van der Waals surface area (Å²) in [6.07, 6.45) is 5.36. The summed E-state index contributed by atoms with van der Waals surface area (Å²) in [5.74, 6) is -0.590. The summed E-state index contributed by atoms with van der Waals surface area (Å²) < 4.78 is 40.9. The second kappa shape index (κ2) is 5.93. The van der Waals surface area contributed by atoms with Crippen LogP contribution in [0.5, 0.6) is 0 Å². The fourth-order valence-corrected chi connectivity index (χ4v) is 4.48. The molecule has 0 unspecified atom stereocenters. The average molecular weight is 314 g/mol. The van der Waals surface area contributed by atoms with Gasteiger partial charge in [-0.3, -0.25) is 0 Å². The summed E-state index contributed by atoms with van der Waals surface area (Å²) in [6.45, 7) is 4.10. The van der Waals surface area contributed by atoms with Gasteiger partial charge < -0.3 is 5.73 Å². The van der Waals surface area contributed by atoms with E-state index in [1.54, 1.807) is 6.92 Å². The Labute approximate surface area is 126 Å². The summed E-state index contributed by atoms with van der Waals surface area (Å²) in [4.78, 5) is 0.0608. The number of nitrogen functional groups attached to an aromatic ring is 1. The second-order valence-electron chi connectivity index (χ2n) is 6.02. The molecule has 0 aliphatic heterocycles. The van der Waals surface area contributed by atoms with E-state index in [4.69, 9.17) is 5.73 Å². The third-order valence-electron chi connectivity index (χ3n) is 4.64. The number of nitrogens with one attached hydrogen (secondary N) is 1. The molecule has 0 heterocycles. The molecule has 0 amide bonds. The molecule has 1 aromatic carbocycles. The molecule has 0 atom stereocenters. The molecular weight excluding hydrogens is 291 g/mol. The zero-order valence-corrected chi connectivity index (χ0v) is 13.4. The fraction of sp³-hybridized carbons (Fsp3) is 0.600. The summed E-state index contributed by atoms with van der Waals surface area (Å²) in [5.41, 5.74) is 5.77. The van der Waals surface area contributed by atoms with E-state index in [1.807, 2.05) is 0 Å². The number of rotatable bonds is 5. The lowest BCUT2D eigenvalue weighted by molar-refractivity contribution is 0.285. The first-order valence-corrected chi connectivity index (χ1v) is 8.83. The van der Waals surface area contributed by atoms with Crippen LogP contribution in [0.4, 0.5) is 10.1 Å². The van der Waals surface area contributed by atoms with Crippen molar-refractivity contribution in [2.45, 2.75) is 50.8 Å². The number of benzene rings is 1. The average Bonchev–Trinajstić information content (AvgIpc) is 2.90. The molecular formula is C15H23FN2O2S. The number of hydrogen-bond acceptors (Lipinski definition) is 3. The van der Waals surface area contributed by atoms with Crippen LogP contribution in [0.25, 0.3) is 0 Å². The van der Waals surface area contributed by atoms with Crippen LogP contribution in [-0.4, -0.2) is 15.0 Å². The Morgan fingerprint density at radius 2 is 1.95 bits per heavy atom. The van der Waals surface area contributed by atoms with Crippen molar-refractivity contribution in [3.05, 3.63) is 23.5 Å². The molecule has 3 N–H and O–H groups in total. The van der Waals surface area contributed by atoms with Gasteiger partial charge in [0.15, 0.2) is 0 Å². The van der Waals surface area contributed by atoms with Crippen molar-refractivity contribution < 1.29 is 12.8 Å². The largest absolute Gasteiger partial charge is 0.396 e. The van der Waals surface area contributed by atoms with Crippen molar-refractivity contribution in [3.63, 3.8) is 0 Å². The van der Waals surface area contributed by atoms with Gasteiger partial charge in [0.1, 0.15) is 5.82 Å². The summed E-state index contributed by atoms with van der Waals surface area (Å²) in [7, 11) is -3.66. The van der Waals surface area contributed by atoms with Gasteiger partial charge in [-0.15, -0.1) is 0 Å². The maximum atomic E-state index is 13.4. The highest BCUT2D eigenvalue weighted by Crippen LogP contribution is 2.40. The molecule has 1 aliphatic carbocycles. The Balaban J connectivity index is 2.21. The Bertz CT molecular complexity index is 623. The zero-order chi connectivity index (χ0) is 15.7. The maximum absolute atomic E-state index is 13.4. The quantitative estimate of drug-likeness (QED) is 0.821. The number of aryl methyl sites for hydroxylation is 1. The van der Waals surface area contributed by atoms with Crippen molar-refractivity contribution in [2.24, 2.45) is 5.41 Å². The Kier molecular flexibility index (Phi) is 4.58. The highest BCUT2D eigenvalue weighted by atomic mass is 32.2. The SMILES string of the molecule is CCC1(CNS(=O)(=O)c2cc(N)c(F)cc2C)CCCC1. The van der Waals surface area contributed by atoms with E-state index in [-0.39, 0.29) is 16.0 Å². The highest BCUT2D eigenvalue weighted by molar-refractivity contribution is 7.89. The number of anilines is 1. The fourth-order valence-electron chi connectivity index (χ4n) is 3.06. The third-order valence-corrected chi connectivity index (χ3v) is 6.18. The van der Waals surface area contributed by atoms with E-state index in [1.165, 1.54) is 6.07 Å². The normalized spacial score (nSPS) is 18.0. The van der Waals surface area contributed by atoms with Crippen LogP contribution in [-0.2, 0) is 10.0 Å². The van der Waals surface area contributed by atoms with Crippen LogP contribution in [0.3, 0.4) is 0 Å². The lowest BCUT2D eigenvalue weighted by atomic mass is 9.84. The van der Waals surface area contributed by atoms with Crippen LogP contribution in [0.15, 0.2) is 17.0 Å². The van der Waals surface area contributed by atoms with E-state index in [9.17, 15) is 12.8 Å². The Morgan fingerprint density at radius 3 is 2.52 bits per heavy atom. The third kappa shape index (κ3) is 3.37. The first-order chi connectivity index (χ1) is 9.80. The van der Waals surface area contributed by atoms with Gasteiger partial charge in [0, 0.05) is 6.54 Å². The minimum absolute atomic E-state index is 0.0608. The molecule has 1 aromatic rings. The molecule has 118 valence electrons. The lowest BCUT2D eigenvalue weighted by Crippen LogP contribution is -2.36. The number of sulfonamides is 1. The summed E-state index contributed by atoms with van der Waals surface area (Å²) >= 11 is 0. The van der Waals surface area contributed by atoms with Crippen LogP contribution in [0.1, 0.15) is 44.6 Å². The van der Waals surface area contributed by atoms with Gasteiger partial charge in [0.25, 0.3) is 0 Å². The first kappa shape index (κ1) is 16.2. The van der Waals surface area contributed by atoms with Gasteiger partial charge in [-0.05, 0) is 49.3 Å². The molecule has 21 heavy (non-hydrogen) atoms. The van der Waals surface area contributed by atoms with Crippen LogP contribution >= 0.6 is 0 Å². The molecule has 1 fully saturated rings. The van der Waals surface area contributed by atoms with E-state index in [0.29, 0.717) is 12.1 Å². The first-order valence-electron chi connectivity index (χ1n) is 7.35. The standard InChI is InChI=1S/C15H23FN2O2S/c1-3-15(6-4-5-7-15)10-18-21(19,20)14-9-13(17)12(16)8-11(14)2/h8-9,18H,3-7,10,17H2,1-2H3. The second-order valence-corrected chi connectivity index (χ2v) is 7.76. The minimum atomic E-state index is -3.66. The smallest absolute Gasteiger partial charge is 0.240 e. The number of hydrogen-bond donors (Lipinski definition) is 2.